The Morgan fingerprint density at radius 2 is 1.58 bits per heavy atom. The Morgan fingerprint density at radius 3 is 2.23 bits per heavy atom. The number of fused-ring (bicyclic) bond motifs is 1. The van der Waals surface area contributed by atoms with Crippen LogP contribution in [0.4, 0.5) is 5.82 Å². The van der Waals surface area contributed by atoms with Gasteiger partial charge in [-0.05, 0) is 25.0 Å². The highest BCUT2D eigenvalue weighted by atomic mass is 15.4. The lowest BCUT2D eigenvalue weighted by molar-refractivity contribution is 0.886. The van der Waals surface area contributed by atoms with Crippen LogP contribution in [0.25, 0.3) is 16.8 Å². The molecule has 0 aliphatic carbocycles. The summed E-state index contributed by atoms with van der Waals surface area (Å²) >= 11 is 0. The summed E-state index contributed by atoms with van der Waals surface area (Å²) < 4.78 is 1.82. The minimum atomic E-state index is 0.745. The van der Waals surface area contributed by atoms with Crippen molar-refractivity contribution in [2.45, 2.75) is 20.3 Å². The van der Waals surface area contributed by atoms with Crippen molar-refractivity contribution in [1.82, 2.24) is 14.6 Å². The van der Waals surface area contributed by atoms with E-state index in [9.17, 15) is 0 Å². The van der Waals surface area contributed by atoms with E-state index in [1.807, 2.05) is 54.8 Å². The van der Waals surface area contributed by atoms with Gasteiger partial charge in [0.1, 0.15) is 5.82 Å². The third-order valence-corrected chi connectivity index (χ3v) is 4.67. The van der Waals surface area contributed by atoms with Crippen molar-refractivity contribution in [2.75, 3.05) is 5.43 Å². The largest absolute Gasteiger partial charge is 0.308 e. The van der Waals surface area contributed by atoms with Gasteiger partial charge in [-0.15, -0.1) is 0 Å². The minimum Gasteiger partial charge on any atom is -0.308 e. The van der Waals surface area contributed by atoms with Gasteiger partial charge in [-0.3, -0.25) is 0 Å². The molecule has 130 valence electrons. The molecular weight excluding hydrogens is 322 g/mol. The van der Waals surface area contributed by atoms with Gasteiger partial charge in [-0.2, -0.15) is 9.61 Å². The summed E-state index contributed by atoms with van der Waals surface area (Å²) in [7, 11) is 0. The van der Waals surface area contributed by atoms with Crippen molar-refractivity contribution in [3.8, 4) is 11.1 Å². The summed E-state index contributed by atoms with van der Waals surface area (Å²) in [6.07, 6.45) is 0.745. The molecule has 0 radical (unpaired) electrons. The number of hydrogen-bond donors (Lipinski definition) is 2. The van der Waals surface area contributed by atoms with Crippen LogP contribution in [-0.4, -0.2) is 14.6 Å². The molecule has 0 unspecified atom stereocenters. The van der Waals surface area contributed by atoms with Gasteiger partial charge in [0.05, 0.1) is 5.69 Å². The summed E-state index contributed by atoms with van der Waals surface area (Å²) in [5.74, 6) is 6.68. The molecule has 0 saturated carbocycles. The Balaban J connectivity index is 1.93. The summed E-state index contributed by atoms with van der Waals surface area (Å²) in [6, 6.07) is 20.5. The maximum absolute atomic E-state index is 5.90. The van der Waals surface area contributed by atoms with Crippen molar-refractivity contribution < 1.29 is 0 Å². The maximum atomic E-state index is 5.90. The van der Waals surface area contributed by atoms with Gasteiger partial charge in [0, 0.05) is 23.2 Å². The van der Waals surface area contributed by atoms with E-state index >= 15 is 0 Å². The van der Waals surface area contributed by atoms with Crippen LogP contribution in [0.3, 0.4) is 0 Å². The number of nitrogens with zero attached hydrogens (tertiary/aromatic N) is 3. The number of hydrogen-bond acceptors (Lipinski definition) is 4. The van der Waals surface area contributed by atoms with Crippen molar-refractivity contribution >= 4 is 11.5 Å². The molecule has 0 atom stereocenters. The third kappa shape index (κ3) is 2.72. The number of benzene rings is 2. The van der Waals surface area contributed by atoms with E-state index in [4.69, 9.17) is 15.9 Å². The van der Waals surface area contributed by atoms with E-state index in [0.29, 0.717) is 0 Å². The van der Waals surface area contributed by atoms with Gasteiger partial charge in [0.15, 0.2) is 5.65 Å². The van der Waals surface area contributed by atoms with Crippen LogP contribution < -0.4 is 11.3 Å². The number of aryl methyl sites for hydroxylation is 2. The summed E-state index contributed by atoms with van der Waals surface area (Å²) in [5, 5.41) is 4.72. The average Bonchev–Trinajstić information content (AvgIpc) is 2.99. The first-order chi connectivity index (χ1) is 12.7. The highest BCUT2D eigenvalue weighted by Crippen LogP contribution is 2.31. The van der Waals surface area contributed by atoms with E-state index in [-0.39, 0.29) is 0 Å². The van der Waals surface area contributed by atoms with Gasteiger partial charge in [-0.25, -0.2) is 10.8 Å². The lowest BCUT2D eigenvalue weighted by Gasteiger charge is -2.14. The lowest BCUT2D eigenvalue weighted by atomic mass is 10.0. The number of nitrogen functional groups attached to an aromatic ring is 1. The zero-order chi connectivity index (χ0) is 18.1. The molecule has 4 aromatic rings. The van der Waals surface area contributed by atoms with Crippen molar-refractivity contribution in [1.29, 1.82) is 0 Å². The molecule has 4 rings (SSSR count). The van der Waals surface area contributed by atoms with Crippen molar-refractivity contribution in [3.63, 3.8) is 0 Å². The normalized spacial score (nSPS) is 11.0. The molecule has 0 saturated heterocycles. The molecule has 0 spiro atoms. The molecule has 3 N–H and O–H groups in total. The van der Waals surface area contributed by atoms with E-state index in [2.05, 4.69) is 29.7 Å². The number of nitrogens with two attached hydrogens (primary N) is 1. The minimum absolute atomic E-state index is 0.745. The van der Waals surface area contributed by atoms with E-state index in [0.717, 1.165) is 46.0 Å². The molecule has 5 nitrogen and oxygen atoms in total. The molecule has 2 aromatic heterocycles. The molecular formula is C21H21N5. The number of nitrogens with one attached hydrogen (secondary N) is 1. The van der Waals surface area contributed by atoms with E-state index in [1.54, 1.807) is 0 Å². The zero-order valence-electron chi connectivity index (χ0n) is 14.9. The van der Waals surface area contributed by atoms with Gasteiger partial charge >= 0.3 is 0 Å². The quantitative estimate of drug-likeness (QED) is 0.436. The van der Waals surface area contributed by atoms with Crippen LogP contribution in [0, 0.1) is 13.8 Å². The molecule has 2 heterocycles. The SMILES string of the molecule is Cc1nc2c(-c3ccccc3)c(C)nn2c(NN)c1Cc1ccccc1. The maximum Gasteiger partial charge on any atom is 0.165 e. The number of aromatic nitrogens is 3. The fourth-order valence-electron chi connectivity index (χ4n) is 3.40. The fraction of sp³-hybridized carbons (Fsp3) is 0.143. The Labute approximate surface area is 152 Å². The van der Waals surface area contributed by atoms with Crippen LogP contribution in [0.1, 0.15) is 22.5 Å². The molecule has 2 aromatic carbocycles. The van der Waals surface area contributed by atoms with E-state index in [1.165, 1.54) is 5.56 Å². The molecule has 0 aliphatic rings. The first-order valence-corrected chi connectivity index (χ1v) is 8.64. The first kappa shape index (κ1) is 16.3. The Hall–Kier alpha value is -3.18. The lowest BCUT2D eigenvalue weighted by Crippen LogP contribution is -2.16. The Morgan fingerprint density at radius 1 is 0.923 bits per heavy atom. The Kier molecular flexibility index (Phi) is 4.14. The predicted molar refractivity (Wildman–Crippen MR) is 105 cm³/mol. The van der Waals surface area contributed by atoms with Crippen LogP contribution in [0.15, 0.2) is 60.7 Å². The Bertz CT molecular complexity index is 1050. The van der Waals surface area contributed by atoms with Crippen molar-refractivity contribution in [2.24, 2.45) is 5.84 Å². The molecule has 0 aliphatic heterocycles. The second-order valence-corrected chi connectivity index (χ2v) is 6.39. The summed E-state index contributed by atoms with van der Waals surface area (Å²) in [5.41, 5.74) is 9.94. The number of hydrazine groups is 1. The first-order valence-electron chi connectivity index (χ1n) is 8.64. The van der Waals surface area contributed by atoms with Crippen LogP contribution in [0.2, 0.25) is 0 Å². The highest BCUT2D eigenvalue weighted by Gasteiger charge is 2.19. The number of rotatable bonds is 4. The molecule has 5 heteroatoms. The molecule has 0 bridgehead atoms. The van der Waals surface area contributed by atoms with Gasteiger partial charge < -0.3 is 5.43 Å². The zero-order valence-corrected chi connectivity index (χ0v) is 14.9. The van der Waals surface area contributed by atoms with Gasteiger partial charge in [0.2, 0.25) is 0 Å². The van der Waals surface area contributed by atoms with Crippen LogP contribution >= 0.6 is 0 Å². The monoisotopic (exact) mass is 343 g/mol. The highest BCUT2D eigenvalue weighted by molar-refractivity contribution is 5.81. The van der Waals surface area contributed by atoms with E-state index < -0.39 is 0 Å². The van der Waals surface area contributed by atoms with Crippen LogP contribution in [-0.2, 0) is 6.42 Å². The number of anilines is 1. The van der Waals surface area contributed by atoms with Crippen LogP contribution in [0.5, 0.6) is 0 Å². The standard InChI is InChI=1S/C21H21N5/c1-14-18(13-16-9-5-3-6-10-16)20(24-22)26-21(23-14)19(15(2)25-26)17-11-7-4-8-12-17/h3-12,24H,13,22H2,1-2H3. The third-order valence-electron chi connectivity index (χ3n) is 4.67. The predicted octanol–water partition coefficient (Wildman–Crippen LogP) is 3.89. The molecule has 0 fully saturated rings. The summed E-state index contributed by atoms with van der Waals surface area (Å²) in [6.45, 7) is 4.03. The van der Waals surface area contributed by atoms with Gasteiger partial charge in [0.25, 0.3) is 0 Å². The van der Waals surface area contributed by atoms with Gasteiger partial charge in [-0.1, -0.05) is 60.7 Å². The summed E-state index contributed by atoms with van der Waals surface area (Å²) in [4.78, 5) is 4.88. The molecule has 26 heavy (non-hydrogen) atoms. The topological polar surface area (TPSA) is 68.2 Å². The second kappa shape index (κ2) is 6.61. The average molecular weight is 343 g/mol. The second-order valence-electron chi connectivity index (χ2n) is 6.39. The fourth-order valence-corrected chi connectivity index (χ4v) is 3.40. The molecule has 0 amide bonds. The van der Waals surface area contributed by atoms with Crippen molar-refractivity contribution in [3.05, 3.63) is 83.2 Å². The smallest absolute Gasteiger partial charge is 0.165 e.